The molecule has 1 amide bonds. The van der Waals surface area contributed by atoms with Crippen molar-refractivity contribution >= 4 is 40.5 Å². The van der Waals surface area contributed by atoms with E-state index in [0.717, 1.165) is 6.92 Å². The van der Waals surface area contributed by atoms with Gasteiger partial charge in [-0.05, 0) is 66.4 Å². The summed E-state index contributed by atoms with van der Waals surface area (Å²) in [5, 5.41) is 20.9. The average molecular weight is 429 g/mol. The van der Waals surface area contributed by atoms with Crippen molar-refractivity contribution in [3.05, 3.63) is 52.2 Å². The Balaban J connectivity index is 2.02. The number of amides is 1. The summed E-state index contributed by atoms with van der Waals surface area (Å²) < 4.78 is 0. The van der Waals surface area contributed by atoms with E-state index in [9.17, 15) is 19.5 Å². The molecule has 1 fully saturated rings. The van der Waals surface area contributed by atoms with Crippen LogP contribution in [0.25, 0.3) is 0 Å². The number of rotatable bonds is 7. The van der Waals surface area contributed by atoms with Gasteiger partial charge in [0.05, 0.1) is 0 Å². The van der Waals surface area contributed by atoms with Gasteiger partial charge in [0.15, 0.2) is 11.3 Å². The van der Waals surface area contributed by atoms with E-state index >= 15 is 0 Å². The SMILES string of the molecule is CC(=O)C(N)(C(=O)O)C(c1ccsc1)C1CCCN(c2ccc(C(=N)N)cc2)C1=O. The number of anilines is 1. The van der Waals surface area contributed by atoms with E-state index in [1.54, 1.807) is 46.0 Å². The predicted molar refractivity (Wildman–Crippen MR) is 115 cm³/mol. The van der Waals surface area contributed by atoms with Gasteiger partial charge in [0.25, 0.3) is 0 Å². The van der Waals surface area contributed by atoms with Crippen LogP contribution in [-0.4, -0.2) is 40.7 Å². The highest BCUT2D eigenvalue weighted by Crippen LogP contribution is 2.41. The summed E-state index contributed by atoms with van der Waals surface area (Å²) in [6.45, 7) is 1.62. The van der Waals surface area contributed by atoms with Gasteiger partial charge < -0.3 is 21.5 Å². The number of ketones is 1. The van der Waals surface area contributed by atoms with Crippen LogP contribution in [0, 0.1) is 11.3 Å². The molecule has 158 valence electrons. The molecule has 2 heterocycles. The average Bonchev–Trinajstić information content (AvgIpc) is 3.23. The van der Waals surface area contributed by atoms with Gasteiger partial charge in [-0.25, -0.2) is 4.79 Å². The van der Waals surface area contributed by atoms with Crippen molar-refractivity contribution in [1.82, 2.24) is 0 Å². The zero-order chi connectivity index (χ0) is 22.1. The van der Waals surface area contributed by atoms with E-state index in [0.29, 0.717) is 36.2 Å². The maximum absolute atomic E-state index is 13.5. The Morgan fingerprint density at radius 3 is 2.47 bits per heavy atom. The second kappa shape index (κ2) is 8.37. The Bertz CT molecular complexity index is 957. The molecule has 1 aliphatic rings. The Labute approximate surface area is 178 Å². The lowest BCUT2D eigenvalue weighted by atomic mass is 9.68. The van der Waals surface area contributed by atoms with Gasteiger partial charge in [-0.15, -0.1) is 0 Å². The van der Waals surface area contributed by atoms with E-state index in [1.165, 1.54) is 11.3 Å². The summed E-state index contributed by atoms with van der Waals surface area (Å²) in [7, 11) is 0. The van der Waals surface area contributed by atoms with Crippen LogP contribution in [-0.2, 0) is 14.4 Å². The number of thiophene rings is 1. The first-order chi connectivity index (χ1) is 14.2. The minimum absolute atomic E-state index is 0.0715. The smallest absolute Gasteiger partial charge is 0.332 e. The molecule has 8 nitrogen and oxygen atoms in total. The zero-order valence-electron chi connectivity index (χ0n) is 16.5. The predicted octanol–water partition coefficient (Wildman–Crippen LogP) is 1.93. The third kappa shape index (κ3) is 3.73. The molecule has 1 saturated heterocycles. The maximum atomic E-state index is 13.5. The summed E-state index contributed by atoms with van der Waals surface area (Å²) >= 11 is 1.36. The number of carbonyl (C=O) groups excluding carboxylic acids is 2. The van der Waals surface area contributed by atoms with Crippen molar-refractivity contribution in [1.29, 1.82) is 5.41 Å². The summed E-state index contributed by atoms with van der Waals surface area (Å²) in [5.41, 5.74) is 11.2. The minimum Gasteiger partial charge on any atom is -0.480 e. The van der Waals surface area contributed by atoms with E-state index in [2.05, 4.69) is 0 Å². The number of nitrogens with one attached hydrogen (secondary N) is 1. The Morgan fingerprint density at radius 1 is 1.30 bits per heavy atom. The molecule has 3 atom stereocenters. The van der Waals surface area contributed by atoms with Crippen molar-refractivity contribution < 1.29 is 19.5 Å². The molecule has 3 rings (SSSR count). The normalized spacial score (nSPS) is 19.7. The number of amidine groups is 1. The van der Waals surface area contributed by atoms with Crippen LogP contribution in [0.2, 0.25) is 0 Å². The number of carbonyl (C=O) groups is 3. The number of Topliss-reactive ketones (excluding diaryl/α,β-unsaturated/α-hetero) is 1. The third-order valence-corrected chi connectivity index (χ3v) is 6.40. The second-order valence-electron chi connectivity index (χ2n) is 7.46. The highest BCUT2D eigenvalue weighted by molar-refractivity contribution is 7.08. The standard InChI is InChI=1S/C21H24N4O4S/c1-12(26)21(24,20(28)29)17(14-8-10-30-11-14)16-3-2-9-25(19(16)27)15-6-4-13(5-7-15)18(22)23/h4-8,10-11,16-17H,2-3,9,24H2,1H3,(H3,22,23)(H,28,29). The van der Waals surface area contributed by atoms with Gasteiger partial charge in [-0.1, -0.05) is 0 Å². The number of carboxylic acid groups (broad SMARTS) is 1. The van der Waals surface area contributed by atoms with Gasteiger partial charge >= 0.3 is 5.97 Å². The molecule has 9 heteroatoms. The number of nitrogens with zero attached hydrogens (tertiary/aromatic N) is 1. The van der Waals surface area contributed by atoms with Crippen LogP contribution in [0.1, 0.15) is 36.8 Å². The zero-order valence-corrected chi connectivity index (χ0v) is 17.3. The van der Waals surface area contributed by atoms with Crippen LogP contribution < -0.4 is 16.4 Å². The molecule has 0 radical (unpaired) electrons. The summed E-state index contributed by atoms with van der Waals surface area (Å²) in [6, 6.07) is 8.44. The molecule has 30 heavy (non-hydrogen) atoms. The molecular weight excluding hydrogens is 404 g/mol. The van der Waals surface area contributed by atoms with Crippen LogP contribution in [0.15, 0.2) is 41.1 Å². The third-order valence-electron chi connectivity index (χ3n) is 5.70. The first-order valence-electron chi connectivity index (χ1n) is 9.49. The lowest BCUT2D eigenvalue weighted by molar-refractivity contribution is -0.150. The van der Waals surface area contributed by atoms with E-state index < -0.39 is 29.1 Å². The fourth-order valence-electron chi connectivity index (χ4n) is 4.06. The van der Waals surface area contributed by atoms with Crippen molar-refractivity contribution in [2.75, 3.05) is 11.4 Å². The summed E-state index contributed by atoms with van der Waals surface area (Å²) in [6.07, 6.45) is 1.07. The van der Waals surface area contributed by atoms with Gasteiger partial charge in [-0.3, -0.25) is 15.0 Å². The number of hydrogen-bond donors (Lipinski definition) is 4. The first-order valence-corrected chi connectivity index (χ1v) is 10.4. The highest BCUT2D eigenvalue weighted by Gasteiger charge is 2.53. The number of nitrogen functional groups attached to an aromatic ring is 1. The fourth-order valence-corrected chi connectivity index (χ4v) is 4.75. The Morgan fingerprint density at radius 2 is 1.97 bits per heavy atom. The van der Waals surface area contributed by atoms with Crippen LogP contribution in [0.5, 0.6) is 0 Å². The van der Waals surface area contributed by atoms with Crippen molar-refractivity contribution in [3.63, 3.8) is 0 Å². The molecule has 2 aromatic rings. The number of carboxylic acids is 1. The van der Waals surface area contributed by atoms with Gasteiger partial charge in [0.1, 0.15) is 5.84 Å². The monoisotopic (exact) mass is 428 g/mol. The molecule has 3 unspecified atom stereocenters. The van der Waals surface area contributed by atoms with Crippen LogP contribution in [0.3, 0.4) is 0 Å². The first kappa shape index (κ1) is 21.7. The quantitative estimate of drug-likeness (QED) is 0.300. The lowest BCUT2D eigenvalue weighted by Gasteiger charge is -2.41. The number of benzene rings is 1. The largest absolute Gasteiger partial charge is 0.480 e. The molecule has 0 aliphatic carbocycles. The van der Waals surface area contributed by atoms with Gasteiger partial charge in [0, 0.05) is 29.6 Å². The number of piperidine rings is 1. The fraction of sp³-hybridized carbons (Fsp3) is 0.333. The Kier molecular flexibility index (Phi) is 6.04. The molecule has 0 saturated carbocycles. The maximum Gasteiger partial charge on any atom is 0.332 e. The highest BCUT2D eigenvalue weighted by atomic mass is 32.1. The summed E-state index contributed by atoms with van der Waals surface area (Å²) in [5.74, 6) is -4.22. The van der Waals surface area contributed by atoms with E-state index in [4.69, 9.17) is 16.9 Å². The molecule has 1 aromatic carbocycles. The molecular formula is C21H24N4O4S. The van der Waals surface area contributed by atoms with E-state index in [-0.39, 0.29) is 11.7 Å². The minimum atomic E-state index is -2.21. The summed E-state index contributed by atoms with van der Waals surface area (Å²) in [4.78, 5) is 39.5. The Hall–Kier alpha value is -3.04. The topological polar surface area (TPSA) is 151 Å². The molecule has 0 bridgehead atoms. The number of hydrogen-bond acceptors (Lipinski definition) is 6. The van der Waals surface area contributed by atoms with Gasteiger partial charge in [-0.2, -0.15) is 11.3 Å². The molecule has 1 aliphatic heterocycles. The molecule has 1 aromatic heterocycles. The number of aliphatic carboxylic acids is 1. The van der Waals surface area contributed by atoms with Crippen molar-refractivity contribution in [3.8, 4) is 0 Å². The molecule has 0 spiro atoms. The van der Waals surface area contributed by atoms with Crippen LogP contribution >= 0.6 is 11.3 Å². The van der Waals surface area contributed by atoms with Gasteiger partial charge in [0.2, 0.25) is 5.91 Å². The van der Waals surface area contributed by atoms with Crippen molar-refractivity contribution in [2.24, 2.45) is 17.4 Å². The second-order valence-corrected chi connectivity index (χ2v) is 8.24. The van der Waals surface area contributed by atoms with E-state index in [1.807, 2.05) is 0 Å². The molecule has 6 N–H and O–H groups in total. The lowest BCUT2D eigenvalue weighted by Crippen LogP contribution is -2.62. The van der Waals surface area contributed by atoms with Crippen molar-refractivity contribution in [2.45, 2.75) is 31.2 Å². The number of nitrogens with two attached hydrogens (primary N) is 2. The van der Waals surface area contributed by atoms with Crippen LogP contribution in [0.4, 0.5) is 5.69 Å².